The quantitative estimate of drug-likeness (QED) is 0.0445. The van der Waals surface area contributed by atoms with E-state index in [0.717, 1.165) is 98.8 Å². The molecule has 0 aliphatic carbocycles. The summed E-state index contributed by atoms with van der Waals surface area (Å²) in [6, 6.07) is 6.04. The van der Waals surface area contributed by atoms with Gasteiger partial charge in [-0.15, -0.1) is 0 Å². The van der Waals surface area contributed by atoms with Crippen LogP contribution in [0.4, 0.5) is 69.6 Å². The molecule has 0 radical (unpaired) electrons. The molecule has 42 heteroatoms. The Labute approximate surface area is 801 Å². The third-order valence-corrected chi connectivity index (χ3v) is 27.2. The minimum Gasteiger partial charge on any atom is -0.462 e. The zero-order valence-corrected chi connectivity index (χ0v) is 81.6. The van der Waals surface area contributed by atoms with Crippen molar-refractivity contribution < 1.29 is 68.5 Å². The average Bonchev–Trinajstić information content (AvgIpc) is 1.74. The molecule has 3 amide bonds. The van der Waals surface area contributed by atoms with Gasteiger partial charge >= 0.3 is 24.2 Å². The molecule has 9 aliphatic heterocycles. The number of H-pyrrole nitrogens is 3. The molecule has 0 bridgehead atoms. The van der Waals surface area contributed by atoms with E-state index in [-0.39, 0.29) is 126 Å². The van der Waals surface area contributed by atoms with E-state index in [1.807, 2.05) is 48.2 Å². The van der Waals surface area contributed by atoms with Crippen LogP contribution in [0.15, 0.2) is 73.5 Å². The first kappa shape index (κ1) is 102. The van der Waals surface area contributed by atoms with Gasteiger partial charge in [0.15, 0.2) is 5.83 Å². The van der Waals surface area contributed by atoms with E-state index >= 15 is 0 Å². The van der Waals surface area contributed by atoms with Crippen molar-refractivity contribution in [1.29, 1.82) is 0 Å². The van der Waals surface area contributed by atoms with Gasteiger partial charge in [-0.2, -0.15) is 98.9 Å². The number of anilines is 6. The number of nitrogens with zero attached hydrogens (tertiary/aromatic N) is 21. The first-order chi connectivity index (χ1) is 63.0. The fraction of sp³-hybridized carbons (Fsp3) is 0.548. The lowest BCUT2D eigenvalue weighted by atomic mass is 9.98. The number of piperazine rings is 3. The van der Waals surface area contributed by atoms with E-state index in [1.165, 1.54) is 64.6 Å². The van der Waals surface area contributed by atoms with Crippen LogP contribution in [0.3, 0.4) is 0 Å². The second-order valence-electron chi connectivity index (χ2n) is 37.2. The number of methoxy groups -OCH3 is 1. The van der Waals surface area contributed by atoms with Gasteiger partial charge in [-0.05, 0) is 148 Å². The van der Waals surface area contributed by atoms with Crippen molar-refractivity contribution in [3.05, 3.63) is 141 Å². The van der Waals surface area contributed by atoms with Gasteiger partial charge in [0.25, 0.3) is 5.91 Å². The predicted octanol–water partition coefficient (Wildman–Crippen LogP) is 11.2. The lowest BCUT2D eigenvalue weighted by molar-refractivity contribution is -0.137. The van der Waals surface area contributed by atoms with Gasteiger partial charge in [0, 0.05) is 207 Å². The minimum absolute atomic E-state index is 0. The Morgan fingerprint density at radius 1 is 0.474 bits per heavy atom. The number of carbonyl (C=O) groups excluding carboxylic acids is 3. The maximum atomic E-state index is 14.7. The van der Waals surface area contributed by atoms with Crippen molar-refractivity contribution in [3.8, 4) is 18.0 Å². The maximum Gasteiger partial charge on any atom is 0.418 e. The summed E-state index contributed by atoms with van der Waals surface area (Å²) in [6.07, 6.45) is 9.29. The van der Waals surface area contributed by atoms with Gasteiger partial charge < -0.3 is 63.0 Å². The highest BCUT2D eigenvalue weighted by Gasteiger charge is 2.45. The number of amides is 3. The van der Waals surface area contributed by atoms with Crippen LogP contribution >= 0.6 is 40.5 Å². The molecular weight excluding hydrogens is 1810 g/mol. The molecule has 31 nitrogen and oxygen atoms in total. The molecule has 18 rings (SSSR count). The molecule has 9 aromatic rings. The number of likely N-dealkylation sites (tertiary alicyclic amines) is 3. The number of aromatic nitrogens is 12. The van der Waals surface area contributed by atoms with Gasteiger partial charge in [-0.25, -0.2) is 22.0 Å². The number of ether oxygens (including phenoxy) is 4. The number of likely N-dealkylation sites (N-methyl/N-ethyl adjacent to an activating group) is 3. The van der Waals surface area contributed by atoms with Crippen molar-refractivity contribution >= 4 is 125 Å². The Morgan fingerprint density at radius 2 is 0.800 bits per heavy atom. The average molecular weight is 1940 g/mol. The van der Waals surface area contributed by atoms with E-state index in [9.17, 15) is 49.5 Å². The fourth-order valence-electron chi connectivity index (χ4n) is 20.4. The highest BCUT2D eigenvalue weighted by atomic mass is 32.1. The van der Waals surface area contributed by atoms with E-state index in [4.69, 9.17) is 48.9 Å². The van der Waals surface area contributed by atoms with Gasteiger partial charge in [0.1, 0.15) is 61.0 Å². The predicted molar refractivity (Wildman–Crippen MR) is 519 cm³/mol. The monoisotopic (exact) mass is 1940 g/mol. The van der Waals surface area contributed by atoms with Crippen LogP contribution in [0.1, 0.15) is 107 Å². The van der Waals surface area contributed by atoms with Crippen LogP contribution in [0, 0.1) is 34.6 Å². The van der Waals surface area contributed by atoms with E-state index in [2.05, 4.69) is 101 Å². The molecule has 3 unspecified atom stereocenters. The summed E-state index contributed by atoms with van der Waals surface area (Å²) < 4.78 is 137. The Morgan fingerprint density at radius 3 is 1.12 bits per heavy atom. The van der Waals surface area contributed by atoms with Crippen molar-refractivity contribution in [2.75, 3.05) is 209 Å². The molecule has 3 aromatic carbocycles. The number of nitrogens with one attached hydrogen (secondary N) is 3. The summed E-state index contributed by atoms with van der Waals surface area (Å²) >= 11 is 0. The van der Waals surface area contributed by atoms with Gasteiger partial charge in [0.05, 0.1) is 101 Å². The van der Waals surface area contributed by atoms with E-state index < -0.39 is 47.2 Å². The second kappa shape index (κ2) is 42.2. The molecule has 6 saturated heterocycles. The smallest absolute Gasteiger partial charge is 0.418 e. The largest absolute Gasteiger partial charge is 0.462 e. The number of fused-ring (bicyclic) bond motifs is 6. The highest BCUT2D eigenvalue weighted by molar-refractivity contribution is 7.59. The summed E-state index contributed by atoms with van der Waals surface area (Å²) in [5, 5.41) is 24.2. The number of allylic oxidation sites excluding steroid dienone is 1. The highest BCUT2D eigenvalue weighted by Crippen LogP contribution is 2.47. The third kappa shape index (κ3) is 22.5. The van der Waals surface area contributed by atoms with Crippen molar-refractivity contribution in [3.63, 3.8) is 0 Å². The molecule has 6 fully saturated rings. The van der Waals surface area contributed by atoms with Gasteiger partial charge in [0.2, 0.25) is 11.8 Å². The summed E-state index contributed by atoms with van der Waals surface area (Å²) in [5.41, 5.74) is 10.6. The minimum atomic E-state index is -4.58. The number of carbonyl (C=O) groups is 3. The van der Waals surface area contributed by atoms with Crippen LogP contribution < -0.4 is 43.6 Å². The zero-order chi connectivity index (χ0) is 93.6. The first-order valence-electron chi connectivity index (χ1n) is 45.2. The molecule has 9 aliphatic rings. The van der Waals surface area contributed by atoms with Crippen molar-refractivity contribution in [2.24, 2.45) is 0 Å². The normalized spacial score (nSPS) is 22.3. The van der Waals surface area contributed by atoms with Crippen LogP contribution in [0.25, 0.3) is 32.7 Å². The lowest BCUT2D eigenvalue weighted by Gasteiger charge is -2.38. The number of rotatable bonds is 21. The Hall–Kier alpha value is -10.5. The van der Waals surface area contributed by atoms with Gasteiger partial charge in [-0.3, -0.25) is 44.4 Å². The molecule has 135 heavy (non-hydrogen) atoms. The van der Waals surface area contributed by atoms with Crippen LogP contribution in [-0.4, -0.2) is 322 Å². The molecule has 0 spiro atoms. The molecule has 6 aromatic heterocycles. The number of alkyl halides is 7. The summed E-state index contributed by atoms with van der Waals surface area (Å²) in [5.74, 6) is 0.366. The lowest BCUT2D eigenvalue weighted by Crippen LogP contribution is -2.49. The van der Waals surface area contributed by atoms with E-state index in [0.29, 0.717) is 173 Å². The van der Waals surface area contributed by atoms with E-state index in [1.54, 1.807) is 48.7 Å². The van der Waals surface area contributed by atoms with Crippen LogP contribution in [-0.2, 0) is 64.2 Å². The molecule has 3 N–H and O–H groups in total. The maximum absolute atomic E-state index is 14.7. The number of aromatic amines is 3. The number of hydrogen-bond donors (Lipinski definition) is 3. The fourth-order valence-corrected chi connectivity index (χ4v) is 20.4. The van der Waals surface area contributed by atoms with Crippen molar-refractivity contribution in [1.82, 2.24) is 89.9 Å². The number of benzene rings is 3. The first-order valence-corrected chi connectivity index (χ1v) is 45.2. The standard InChI is InChI=1S/C32H40F4N8O3.C31H40F2N8O2.C30H38F2N8O2.3H2S/c1-20-14-24-23(16-37-40-24)28(27(20)32(34,35)36)44-8-7-22-25(17-44)38-30(47-18-21-15-31(2,33)19-41(21)3)39-29(22)43-11-9-42(10-12-43)26(45)6-5-13-46-4;1-20-14-25-24(16-34-37-25)28(21(20)2)41-9-7-23-26(17-41)35-30(43-18-22-15-31(3,33)19-38(22)4)36-29(23)40-12-10-39(11-13-40)27(42)6-5-8-32;1-18-12-24-23(14-33-36-24)26(19(18)2)40-7-6-22-25(15-40)34-29(42-16-21-13-30(4,32)17-37(21)5)35-27(22)38-8-10-39(11-9-38)28(41)20(3)31;;;/h5-6,14,16,21H,7-13,15,17-19H2,1-4H3,(H,37,40);5-6,14,16,22H,7-13,15,17-19H2,1-4H3,(H,34,37);12,14,21H,3,6-11,13,15-17H2,1-2,4-5H3,(H,33,36);3*1H2/b2*6-5+;;;;/t21-,31?;22-,31?;21-,30?;;;/m000.../s1. The van der Waals surface area contributed by atoms with Crippen molar-refractivity contribution in [2.45, 2.75) is 155 Å². The number of aryl methyl sites for hydroxylation is 3. The Kier molecular flexibility index (Phi) is 31.9. The second-order valence-corrected chi connectivity index (χ2v) is 37.2. The third-order valence-electron chi connectivity index (χ3n) is 27.2. The topological polar surface area (TPSA) is 290 Å². The summed E-state index contributed by atoms with van der Waals surface area (Å²) in [6.45, 7) is 28.4. The summed E-state index contributed by atoms with van der Waals surface area (Å²) in [4.78, 5) is 90.0. The molecule has 15 heterocycles. The Bertz CT molecular complexity index is 5840. The van der Waals surface area contributed by atoms with Gasteiger partial charge in [-0.1, -0.05) is 12.7 Å². The summed E-state index contributed by atoms with van der Waals surface area (Å²) in [7, 11) is 7.23. The molecule has 732 valence electrons. The molecular formula is C93H124F8N24O7S3. The van der Waals surface area contributed by atoms with Crippen LogP contribution in [0.2, 0.25) is 0 Å². The zero-order valence-electron chi connectivity index (χ0n) is 78.6. The Balaban J connectivity index is 0.000000170. The molecule has 6 atom stereocenters. The molecule has 0 saturated carbocycles. The van der Waals surface area contributed by atoms with Crippen LogP contribution in [0.5, 0.6) is 18.0 Å². The number of halogens is 8. The SMILES string of the molecule is C=C(F)C(=O)N1CCN(c2nc(OC[C@@H]3CC(C)(F)CN3C)nc3c2CCN(c2c(C)c(C)cc4[nH]ncc24)C3)CC1.COC/C=C/C(=O)N1CCN(c2nc(OC[C@@H]3CC(C)(F)CN3C)nc3c2CCN(c2c(C(F)(F)F)c(C)cc4[nH]ncc24)C3)CC1.Cc1cc2[nH]ncc2c(N2CCc3c(nc(OC[C@@H]4CC(C)(F)CN4C)nc3N3CCN(C(=O)/C=C/CF)CC3)C2)c1C.S.S.S. The number of hydrogen-bond acceptors (Lipinski definition) is 25.